The van der Waals surface area contributed by atoms with Crippen molar-refractivity contribution in [3.8, 4) is 5.75 Å². The van der Waals surface area contributed by atoms with E-state index in [1.54, 1.807) is 20.8 Å². The second-order valence-electron chi connectivity index (χ2n) is 5.95. The Morgan fingerprint density at radius 3 is 2.42 bits per heavy atom. The molecule has 1 amide bonds. The van der Waals surface area contributed by atoms with Gasteiger partial charge in [0.05, 0.1) is 24.1 Å². The standard InChI is InChI=1S/C15H20N2O7/c1-15(2,3)24-14(20)16(9-13(18)19)8-10-11(17(21)22)6-5-7-12(10)23-4/h5-7H,8-9H2,1-4H3,(H,18,19). The fourth-order valence-corrected chi connectivity index (χ4v) is 1.94. The monoisotopic (exact) mass is 340 g/mol. The van der Waals surface area contributed by atoms with Crippen LogP contribution in [-0.4, -0.2) is 46.2 Å². The molecule has 1 N–H and O–H groups in total. The van der Waals surface area contributed by atoms with E-state index in [2.05, 4.69) is 0 Å². The number of nitro groups is 1. The number of nitrogens with zero attached hydrogens (tertiary/aromatic N) is 2. The molecule has 132 valence electrons. The molecule has 0 aliphatic heterocycles. The molecule has 0 aliphatic carbocycles. The summed E-state index contributed by atoms with van der Waals surface area (Å²) < 4.78 is 10.3. The zero-order chi connectivity index (χ0) is 18.5. The minimum absolute atomic E-state index is 0.0945. The molecule has 0 saturated carbocycles. The van der Waals surface area contributed by atoms with Crippen molar-refractivity contribution in [3.63, 3.8) is 0 Å². The first-order valence-corrected chi connectivity index (χ1v) is 7.05. The number of methoxy groups -OCH3 is 1. The molecular weight excluding hydrogens is 320 g/mol. The number of amides is 1. The Kier molecular flexibility index (Phi) is 6.10. The molecule has 0 fully saturated rings. The molecule has 9 heteroatoms. The minimum Gasteiger partial charge on any atom is -0.496 e. The summed E-state index contributed by atoms with van der Waals surface area (Å²) >= 11 is 0. The lowest BCUT2D eigenvalue weighted by Crippen LogP contribution is -2.39. The molecule has 1 aromatic rings. The maximum absolute atomic E-state index is 12.2. The molecule has 0 bridgehead atoms. The van der Waals surface area contributed by atoms with Gasteiger partial charge in [-0.2, -0.15) is 0 Å². The third-order valence-corrected chi connectivity index (χ3v) is 2.85. The van der Waals surface area contributed by atoms with Crippen molar-refractivity contribution in [2.45, 2.75) is 32.9 Å². The zero-order valence-electron chi connectivity index (χ0n) is 13.9. The van der Waals surface area contributed by atoms with Crippen LogP contribution in [0.1, 0.15) is 26.3 Å². The molecule has 0 radical (unpaired) electrons. The Morgan fingerprint density at radius 2 is 1.96 bits per heavy atom. The first-order valence-electron chi connectivity index (χ1n) is 7.05. The van der Waals surface area contributed by atoms with Crippen LogP contribution in [0.4, 0.5) is 10.5 Å². The molecule has 0 aliphatic rings. The first kappa shape index (κ1) is 19.2. The van der Waals surface area contributed by atoms with Gasteiger partial charge in [0.15, 0.2) is 0 Å². The zero-order valence-corrected chi connectivity index (χ0v) is 13.9. The summed E-state index contributed by atoms with van der Waals surface area (Å²) in [7, 11) is 1.33. The van der Waals surface area contributed by atoms with Gasteiger partial charge >= 0.3 is 12.1 Å². The quantitative estimate of drug-likeness (QED) is 0.624. The highest BCUT2D eigenvalue weighted by molar-refractivity contribution is 5.77. The van der Waals surface area contributed by atoms with E-state index in [4.69, 9.17) is 14.6 Å². The summed E-state index contributed by atoms with van der Waals surface area (Å²) in [6, 6.07) is 4.19. The molecule has 1 aromatic carbocycles. The van der Waals surface area contributed by atoms with Crippen LogP contribution in [0.2, 0.25) is 0 Å². The van der Waals surface area contributed by atoms with Crippen LogP contribution in [0, 0.1) is 10.1 Å². The number of carboxylic acid groups (broad SMARTS) is 1. The third-order valence-electron chi connectivity index (χ3n) is 2.85. The second kappa shape index (κ2) is 7.62. The van der Waals surface area contributed by atoms with Crippen molar-refractivity contribution in [3.05, 3.63) is 33.9 Å². The number of hydrogen-bond acceptors (Lipinski definition) is 6. The van der Waals surface area contributed by atoms with Gasteiger partial charge in [0.25, 0.3) is 5.69 Å². The molecule has 0 aromatic heterocycles. The summed E-state index contributed by atoms with van der Waals surface area (Å²) in [5.74, 6) is -1.08. The highest BCUT2D eigenvalue weighted by Gasteiger charge is 2.28. The largest absolute Gasteiger partial charge is 0.496 e. The van der Waals surface area contributed by atoms with Gasteiger partial charge in [-0.15, -0.1) is 0 Å². The van der Waals surface area contributed by atoms with Crippen molar-refractivity contribution in [2.75, 3.05) is 13.7 Å². The lowest BCUT2D eigenvalue weighted by atomic mass is 10.1. The van der Waals surface area contributed by atoms with Crippen LogP contribution in [-0.2, 0) is 16.1 Å². The first-order chi connectivity index (χ1) is 11.0. The van der Waals surface area contributed by atoms with Crippen LogP contribution < -0.4 is 4.74 Å². The smallest absolute Gasteiger partial charge is 0.411 e. The molecule has 0 spiro atoms. The summed E-state index contributed by atoms with van der Waals surface area (Å²) in [6.07, 6.45) is -0.884. The number of ether oxygens (including phenoxy) is 2. The topological polar surface area (TPSA) is 119 Å². The maximum Gasteiger partial charge on any atom is 0.411 e. The average Bonchev–Trinajstić information content (AvgIpc) is 2.44. The molecular formula is C15H20N2O7. The molecule has 0 atom stereocenters. The van der Waals surface area contributed by atoms with Crippen molar-refractivity contribution < 1.29 is 29.1 Å². The Hall–Kier alpha value is -2.84. The van der Waals surface area contributed by atoms with E-state index in [1.807, 2.05) is 0 Å². The fraction of sp³-hybridized carbons (Fsp3) is 0.467. The number of nitro benzene ring substituents is 1. The van der Waals surface area contributed by atoms with Crippen LogP contribution in [0.25, 0.3) is 0 Å². The summed E-state index contributed by atoms with van der Waals surface area (Å²) in [4.78, 5) is 34.7. The van der Waals surface area contributed by atoms with Gasteiger partial charge < -0.3 is 14.6 Å². The third kappa shape index (κ3) is 5.41. The van der Waals surface area contributed by atoms with E-state index in [0.717, 1.165) is 4.90 Å². The van der Waals surface area contributed by atoms with E-state index in [0.29, 0.717) is 0 Å². The van der Waals surface area contributed by atoms with Crippen molar-refractivity contribution in [1.82, 2.24) is 4.90 Å². The van der Waals surface area contributed by atoms with Gasteiger partial charge in [-0.05, 0) is 26.8 Å². The van der Waals surface area contributed by atoms with Crippen molar-refractivity contribution in [2.24, 2.45) is 0 Å². The number of rotatable bonds is 6. The van der Waals surface area contributed by atoms with E-state index in [9.17, 15) is 19.7 Å². The predicted molar refractivity (Wildman–Crippen MR) is 83.9 cm³/mol. The minimum atomic E-state index is -1.27. The van der Waals surface area contributed by atoms with E-state index in [1.165, 1.54) is 25.3 Å². The van der Waals surface area contributed by atoms with Crippen LogP contribution >= 0.6 is 0 Å². The predicted octanol–water partition coefficient (Wildman–Crippen LogP) is 2.43. The fourth-order valence-electron chi connectivity index (χ4n) is 1.94. The van der Waals surface area contributed by atoms with Gasteiger partial charge in [0.1, 0.15) is 17.9 Å². The summed E-state index contributed by atoms with van der Waals surface area (Å²) in [6.45, 7) is 3.91. The molecule has 9 nitrogen and oxygen atoms in total. The Labute approximate surface area is 138 Å². The van der Waals surface area contributed by atoms with Crippen molar-refractivity contribution >= 4 is 17.7 Å². The SMILES string of the molecule is COc1cccc([N+](=O)[O-])c1CN(CC(=O)O)C(=O)OC(C)(C)C. The number of carboxylic acids is 1. The van der Waals surface area contributed by atoms with Gasteiger partial charge in [0, 0.05) is 6.07 Å². The lowest BCUT2D eigenvalue weighted by Gasteiger charge is -2.26. The Morgan fingerprint density at radius 1 is 1.33 bits per heavy atom. The van der Waals surface area contributed by atoms with E-state index >= 15 is 0 Å². The molecule has 0 unspecified atom stereocenters. The Bertz CT molecular complexity index is 637. The summed E-state index contributed by atoms with van der Waals surface area (Å²) in [5.41, 5.74) is -1.01. The highest BCUT2D eigenvalue weighted by atomic mass is 16.6. The maximum atomic E-state index is 12.2. The molecule has 24 heavy (non-hydrogen) atoms. The number of carbonyl (C=O) groups is 2. The van der Waals surface area contributed by atoms with Crippen LogP contribution in [0.5, 0.6) is 5.75 Å². The second-order valence-corrected chi connectivity index (χ2v) is 5.95. The van der Waals surface area contributed by atoms with E-state index in [-0.39, 0.29) is 23.5 Å². The van der Waals surface area contributed by atoms with Gasteiger partial charge in [-0.25, -0.2) is 4.79 Å². The number of hydrogen-bond donors (Lipinski definition) is 1. The van der Waals surface area contributed by atoms with Crippen LogP contribution in [0.15, 0.2) is 18.2 Å². The lowest BCUT2D eigenvalue weighted by molar-refractivity contribution is -0.385. The van der Waals surface area contributed by atoms with E-state index < -0.39 is 29.1 Å². The molecule has 0 saturated heterocycles. The number of carbonyl (C=O) groups excluding carboxylic acids is 1. The number of aliphatic carboxylic acids is 1. The molecule has 0 heterocycles. The van der Waals surface area contributed by atoms with Crippen molar-refractivity contribution in [1.29, 1.82) is 0 Å². The van der Waals surface area contributed by atoms with Gasteiger partial charge in [0.2, 0.25) is 0 Å². The summed E-state index contributed by atoms with van der Waals surface area (Å²) in [5, 5.41) is 20.2. The number of benzene rings is 1. The van der Waals surface area contributed by atoms with Gasteiger partial charge in [-0.3, -0.25) is 19.8 Å². The van der Waals surface area contributed by atoms with Crippen LogP contribution in [0.3, 0.4) is 0 Å². The highest BCUT2D eigenvalue weighted by Crippen LogP contribution is 2.29. The average molecular weight is 340 g/mol. The Balaban J connectivity index is 3.21. The molecule has 1 rings (SSSR count). The van der Waals surface area contributed by atoms with Gasteiger partial charge in [-0.1, -0.05) is 6.07 Å². The normalized spacial score (nSPS) is 10.8.